The second kappa shape index (κ2) is 7.93. The summed E-state index contributed by atoms with van der Waals surface area (Å²) in [7, 11) is 0. The number of thiocarbonyl (C=S) groups is 1. The van der Waals surface area contributed by atoms with E-state index in [0.717, 1.165) is 61.5 Å². The topological polar surface area (TPSA) is 50.5 Å². The summed E-state index contributed by atoms with van der Waals surface area (Å²) in [6, 6.07) is 5.97. The first kappa shape index (κ1) is 15.7. The minimum Gasteiger partial charge on any atom is -0.389 e. The summed E-state index contributed by atoms with van der Waals surface area (Å²) < 4.78 is 6.27. The van der Waals surface area contributed by atoms with Crippen LogP contribution in [0.15, 0.2) is 22.7 Å². The molecule has 1 fully saturated rings. The van der Waals surface area contributed by atoms with E-state index in [0.29, 0.717) is 4.99 Å². The van der Waals surface area contributed by atoms with Crippen molar-refractivity contribution in [3.05, 3.63) is 28.2 Å². The van der Waals surface area contributed by atoms with Crippen molar-refractivity contribution < 1.29 is 4.74 Å². The van der Waals surface area contributed by atoms with Crippen molar-refractivity contribution in [2.24, 2.45) is 5.73 Å². The van der Waals surface area contributed by atoms with Crippen LogP contribution in [-0.4, -0.2) is 49.3 Å². The Morgan fingerprint density at radius 1 is 1.40 bits per heavy atom. The summed E-state index contributed by atoms with van der Waals surface area (Å²) in [4.78, 5) is 2.85. The van der Waals surface area contributed by atoms with E-state index in [9.17, 15) is 0 Å². The van der Waals surface area contributed by atoms with Gasteiger partial charge in [-0.25, -0.2) is 0 Å². The Morgan fingerprint density at radius 3 is 2.80 bits per heavy atom. The number of morpholine rings is 1. The quantitative estimate of drug-likeness (QED) is 0.603. The molecule has 0 unspecified atom stereocenters. The van der Waals surface area contributed by atoms with Crippen LogP contribution in [0.4, 0.5) is 5.69 Å². The van der Waals surface area contributed by atoms with Gasteiger partial charge in [0.1, 0.15) is 4.99 Å². The Balaban J connectivity index is 1.73. The summed E-state index contributed by atoms with van der Waals surface area (Å²) in [6.07, 6.45) is 1.12. The molecule has 20 heavy (non-hydrogen) atoms. The predicted molar refractivity (Wildman–Crippen MR) is 90.4 cm³/mol. The van der Waals surface area contributed by atoms with Crippen LogP contribution in [0, 0.1) is 0 Å². The number of anilines is 1. The highest BCUT2D eigenvalue weighted by Gasteiger charge is 2.09. The van der Waals surface area contributed by atoms with Gasteiger partial charge in [0.05, 0.1) is 13.2 Å². The summed E-state index contributed by atoms with van der Waals surface area (Å²) in [5.41, 5.74) is 7.59. The van der Waals surface area contributed by atoms with Crippen LogP contribution >= 0.6 is 28.1 Å². The number of rotatable bonds is 6. The fourth-order valence-corrected chi connectivity index (χ4v) is 3.09. The average molecular weight is 358 g/mol. The van der Waals surface area contributed by atoms with Gasteiger partial charge in [-0.15, -0.1) is 0 Å². The van der Waals surface area contributed by atoms with Crippen molar-refractivity contribution >= 4 is 38.8 Å². The molecule has 0 bridgehead atoms. The summed E-state index contributed by atoms with van der Waals surface area (Å²) in [5, 5.41) is 3.42. The highest BCUT2D eigenvalue weighted by molar-refractivity contribution is 9.10. The second-order valence-corrected chi connectivity index (χ2v) is 6.09. The number of halogens is 1. The molecule has 1 aliphatic rings. The molecule has 3 N–H and O–H groups in total. The molecule has 1 aromatic carbocycles. The average Bonchev–Trinajstić information content (AvgIpc) is 2.44. The van der Waals surface area contributed by atoms with Gasteiger partial charge in [0.2, 0.25) is 0 Å². The van der Waals surface area contributed by atoms with Crippen LogP contribution in [0.1, 0.15) is 12.0 Å². The molecule has 0 aromatic heterocycles. The van der Waals surface area contributed by atoms with E-state index in [-0.39, 0.29) is 0 Å². The lowest BCUT2D eigenvalue weighted by Crippen LogP contribution is -2.37. The third kappa shape index (κ3) is 4.70. The van der Waals surface area contributed by atoms with Gasteiger partial charge in [-0.1, -0.05) is 12.2 Å². The van der Waals surface area contributed by atoms with Crippen molar-refractivity contribution in [2.75, 3.05) is 44.7 Å². The molecular weight excluding hydrogens is 338 g/mol. The molecular formula is C14H20BrN3OS. The van der Waals surface area contributed by atoms with Crippen LogP contribution in [0.3, 0.4) is 0 Å². The van der Waals surface area contributed by atoms with Gasteiger partial charge in [0.15, 0.2) is 0 Å². The summed E-state index contributed by atoms with van der Waals surface area (Å²) in [5.74, 6) is 0. The molecule has 0 saturated carbocycles. The number of nitrogens with two attached hydrogens (primary N) is 1. The maximum atomic E-state index is 5.63. The van der Waals surface area contributed by atoms with Crippen molar-refractivity contribution in [3.8, 4) is 0 Å². The maximum absolute atomic E-state index is 5.63. The van der Waals surface area contributed by atoms with Crippen molar-refractivity contribution in [3.63, 3.8) is 0 Å². The highest BCUT2D eigenvalue weighted by atomic mass is 79.9. The van der Waals surface area contributed by atoms with Gasteiger partial charge < -0.3 is 15.8 Å². The molecule has 1 heterocycles. The Hall–Kier alpha value is -0.690. The van der Waals surface area contributed by atoms with Gasteiger partial charge in [-0.2, -0.15) is 0 Å². The third-order valence-electron chi connectivity index (χ3n) is 3.32. The Bertz CT molecular complexity index is 464. The first-order chi connectivity index (χ1) is 9.66. The first-order valence-corrected chi connectivity index (χ1v) is 8.00. The minimum absolute atomic E-state index is 0.413. The molecule has 6 heteroatoms. The number of hydrogen-bond acceptors (Lipinski definition) is 4. The van der Waals surface area contributed by atoms with Crippen molar-refractivity contribution in [2.45, 2.75) is 6.42 Å². The summed E-state index contributed by atoms with van der Waals surface area (Å²) in [6.45, 7) is 5.89. The predicted octanol–water partition coefficient (Wildman–Crippen LogP) is 2.22. The molecule has 2 rings (SSSR count). The minimum atomic E-state index is 0.413. The smallest absolute Gasteiger partial charge is 0.105 e. The van der Waals surface area contributed by atoms with E-state index in [4.69, 9.17) is 22.7 Å². The van der Waals surface area contributed by atoms with E-state index in [1.165, 1.54) is 0 Å². The largest absolute Gasteiger partial charge is 0.389 e. The Morgan fingerprint density at radius 2 is 2.15 bits per heavy atom. The lowest BCUT2D eigenvalue weighted by Gasteiger charge is -2.26. The van der Waals surface area contributed by atoms with Gasteiger partial charge >= 0.3 is 0 Å². The van der Waals surface area contributed by atoms with E-state index in [1.807, 2.05) is 18.2 Å². The van der Waals surface area contributed by atoms with Crippen LogP contribution in [0.5, 0.6) is 0 Å². The van der Waals surface area contributed by atoms with E-state index in [2.05, 4.69) is 26.1 Å². The van der Waals surface area contributed by atoms with Crippen molar-refractivity contribution in [1.82, 2.24) is 4.90 Å². The molecule has 0 spiro atoms. The third-order valence-corrected chi connectivity index (χ3v) is 4.19. The number of hydrogen-bond donors (Lipinski definition) is 2. The van der Waals surface area contributed by atoms with Crippen LogP contribution in [0.2, 0.25) is 0 Å². The van der Waals surface area contributed by atoms with Gasteiger partial charge in [-0.05, 0) is 47.1 Å². The van der Waals surface area contributed by atoms with Crippen LogP contribution in [0.25, 0.3) is 0 Å². The molecule has 0 aliphatic carbocycles. The molecule has 0 amide bonds. The number of nitrogens with zero attached hydrogens (tertiary/aromatic N) is 1. The normalized spacial score (nSPS) is 16.1. The first-order valence-electron chi connectivity index (χ1n) is 6.80. The number of nitrogens with one attached hydrogen (secondary N) is 1. The maximum Gasteiger partial charge on any atom is 0.105 e. The zero-order chi connectivity index (χ0) is 14.4. The Kier molecular flexibility index (Phi) is 6.22. The highest BCUT2D eigenvalue weighted by Crippen LogP contribution is 2.21. The molecule has 110 valence electrons. The lowest BCUT2D eigenvalue weighted by molar-refractivity contribution is 0.0378. The zero-order valence-electron chi connectivity index (χ0n) is 11.4. The van der Waals surface area contributed by atoms with Crippen LogP contribution < -0.4 is 11.1 Å². The number of ether oxygens (including phenoxy) is 1. The van der Waals surface area contributed by atoms with E-state index < -0.39 is 0 Å². The molecule has 1 aromatic rings. The zero-order valence-corrected chi connectivity index (χ0v) is 13.8. The second-order valence-electron chi connectivity index (χ2n) is 4.79. The standard InChI is InChI=1S/C14H20BrN3OS/c15-13-10-11(2-3-12(13)14(16)20)17-4-1-5-18-6-8-19-9-7-18/h2-3,10,17H,1,4-9H2,(H2,16,20). The van der Waals surface area contributed by atoms with Gasteiger partial charge in [-0.3, -0.25) is 4.90 Å². The lowest BCUT2D eigenvalue weighted by atomic mass is 10.2. The van der Waals surface area contributed by atoms with E-state index >= 15 is 0 Å². The number of benzene rings is 1. The molecule has 0 radical (unpaired) electrons. The molecule has 1 saturated heterocycles. The monoisotopic (exact) mass is 357 g/mol. The van der Waals surface area contributed by atoms with Crippen LogP contribution in [-0.2, 0) is 4.74 Å². The molecule has 1 aliphatic heterocycles. The van der Waals surface area contributed by atoms with Gasteiger partial charge in [0, 0.05) is 35.4 Å². The molecule has 0 atom stereocenters. The Labute approximate surface area is 133 Å². The summed E-state index contributed by atoms with van der Waals surface area (Å²) >= 11 is 8.47. The SMILES string of the molecule is NC(=S)c1ccc(NCCCN2CCOCC2)cc1Br. The fraction of sp³-hybridized carbons (Fsp3) is 0.500. The van der Waals surface area contributed by atoms with Gasteiger partial charge in [0.25, 0.3) is 0 Å². The van der Waals surface area contributed by atoms with E-state index in [1.54, 1.807) is 0 Å². The fourth-order valence-electron chi connectivity index (χ4n) is 2.19. The van der Waals surface area contributed by atoms with Crippen molar-refractivity contribution in [1.29, 1.82) is 0 Å². The molecule has 4 nitrogen and oxygen atoms in total.